The van der Waals surface area contributed by atoms with E-state index in [1.165, 1.54) is 32.4 Å². The SMILES string of the molecule is c1ccc2nc3cccc(OCCCN4CCCCC4)c3cc2c1. The molecule has 3 aromatic rings. The van der Waals surface area contributed by atoms with Crippen molar-refractivity contribution in [3.8, 4) is 5.75 Å². The second-order valence-corrected chi connectivity index (χ2v) is 6.61. The molecule has 0 N–H and O–H groups in total. The molecular formula is C21H24N2O. The molecule has 1 fully saturated rings. The van der Waals surface area contributed by atoms with E-state index in [1.807, 2.05) is 12.1 Å². The summed E-state index contributed by atoms with van der Waals surface area (Å²) in [5.41, 5.74) is 2.04. The van der Waals surface area contributed by atoms with Gasteiger partial charge in [0, 0.05) is 17.3 Å². The molecule has 2 aromatic carbocycles. The largest absolute Gasteiger partial charge is 0.493 e. The number of hydrogen-bond donors (Lipinski definition) is 0. The van der Waals surface area contributed by atoms with Gasteiger partial charge in [-0.2, -0.15) is 0 Å². The van der Waals surface area contributed by atoms with Gasteiger partial charge in [-0.1, -0.05) is 30.7 Å². The van der Waals surface area contributed by atoms with Gasteiger partial charge in [0.1, 0.15) is 5.75 Å². The summed E-state index contributed by atoms with van der Waals surface area (Å²) in [6.45, 7) is 4.42. The zero-order chi connectivity index (χ0) is 16.2. The summed E-state index contributed by atoms with van der Waals surface area (Å²) in [4.78, 5) is 7.31. The fraction of sp³-hybridized carbons (Fsp3) is 0.381. The first-order valence-corrected chi connectivity index (χ1v) is 9.04. The molecule has 2 heterocycles. The van der Waals surface area contributed by atoms with Crippen LogP contribution in [-0.2, 0) is 0 Å². The molecule has 1 aliphatic rings. The molecule has 3 nitrogen and oxygen atoms in total. The van der Waals surface area contributed by atoms with Gasteiger partial charge in [0.05, 0.1) is 17.6 Å². The van der Waals surface area contributed by atoms with Crippen LogP contribution in [0.2, 0.25) is 0 Å². The molecule has 0 aliphatic carbocycles. The molecule has 1 aromatic heterocycles. The molecule has 1 aliphatic heterocycles. The summed E-state index contributed by atoms with van der Waals surface area (Å²) in [5.74, 6) is 0.949. The summed E-state index contributed by atoms with van der Waals surface area (Å²) in [6, 6.07) is 16.6. The highest BCUT2D eigenvalue weighted by Gasteiger charge is 2.10. The molecule has 0 atom stereocenters. The number of ether oxygens (including phenoxy) is 1. The molecule has 0 radical (unpaired) electrons. The molecule has 0 spiro atoms. The Hall–Kier alpha value is -2.13. The number of nitrogens with zero attached hydrogens (tertiary/aromatic N) is 2. The van der Waals surface area contributed by atoms with Gasteiger partial charge in [-0.3, -0.25) is 0 Å². The molecule has 0 unspecified atom stereocenters. The number of hydrogen-bond acceptors (Lipinski definition) is 3. The van der Waals surface area contributed by atoms with Crippen LogP contribution in [0.5, 0.6) is 5.75 Å². The molecule has 1 saturated heterocycles. The van der Waals surface area contributed by atoms with Gasteiger partial charge in [0.25, 0.3) is 0 Å². The van der Waals surface area contributed by atoms with Crippen LogP contribution in [0.4, 0.5) is 0 Å². The van der Waals surface area contributed by atoms with E-state index >= 15 is 0 Å². The van der Waals surface area contributed by atoms with Crippen LogP contribution in [0, 0.1) is 0 Å². The Morgan fingerprint density at radius 1 is 0.917 bits per heavy atom. The number of benzene rings is 2. The Balaban J connectivity index is 1.46. The van der Waals surface area contributed by atoms with Crippen LogP contribution in [0.1, 0.15) is 25.7 Å². The number of likely N-dealkylation sites (tertiary alicyclic amines) is 1. The lowest BCUT2D eigenvalue weighted by Crippen LogP contribution is -2.31. The van der Waals surface area contributed by atoms with Gasteiger partial charge in [0.2, 0.25) is 0 Å². The van der Waals surface area contributed by atoms with Gasteiger partial charge in [-0.25, -0.2) is 4.98 Å². The third kappa shape index (κ3) is 3.36. The lowest BCUT2D eigenvalue weighted by molar-refractivity contribution is 0.205. The standard InChI is InChI=1S/C21H24N2O/c1-4-12-23(13-5-1)14-7-15-24-21-11-6-10-20-18(21)16-17-8-2-3-9-19(17)22-20/h2-3,6,8-11,16H,1,4-5,7,12-15H2. The van der Waals surface area contributed by atoms with E-state index in [9.17, 15) is 0 Å². The summed E-state index contributed by atoms with van der Waals surface area (Å²) < 4.78 is 6.09. The summed E-state index contributed by atoms with van der Waals surface area (Å²) >= 11 is 0. The topological polar surface area (TPSA) is 25.4 Å². The van der Waals surface area contributed by atoms with E-state index in [2.05, 4.69) is 41.3 Å². The second kappa shape index (κ2) is 7.18. The zero-order valence-corrected chi connectivity index (χ0v) is 14.1. The van der Waals surface area contributed by atoms with Crippen LogP contribution in [0.25, 0.3) is 21.8 Å². The lowest BCUT2D eigenvalue weighted by Gasteiger charge is -2.26. The minimum Gasteiger partial charge on any atom is -0.493 e. The number of para-hydroxylation sites is 1. The Labute approximate surface area is 143 Å². The van der Waals surface area contributed by atoms with Crippen molar-refractivity contribution in [3.63, 3.8) is 0 Å². The maximum atomic E-state index is 6.09. The van der Waals surface area contributed by atoms with E-state index in [4.69, 9.17) is 9.72 Å². The predicted molar refractivity (Wildman–Crippen MR) is 99.7 cm³/mol. The minimum atomic E-state index is 0.766. The van der Waals surface area contributed by atoms with Crippen LogP contribution in [-0.4, -0.2) is 36.1 Å². The average molecular weight is 320 g/mol. The highest BCUT2D eigenvalue weighted by molar-refractivity contribution is 5.95. The molecule has 0 bridgehead atoms. The van der Waals surface area contributed by atoms with Crippen LogP contribution in [0.3, 0.4) is 0 Å². The molecule has 4 rings (SSSR count). The average Bonchev–Trinajstić information content (AvgIpc) is 2.64. The van der Waals surface area contributed by atoms with Crippen molar-refractivity contribution in [2.45, 2.75) is 25.7 Å². The van der Waals surface area contributed by atoms with Gasteiger partial charge < -0.3 is 9.64 Å². The third-order valence-electron chi connectivity index (χ3n) is 4.85. The molecule has 3 heteroatoms. The van der Waals surface area contributed by atoms with E-state index in [0.29, 0.717) is 0 Å². The number of rotatable bonds is 5. The summed E-state index contributed by atoms with van der Waals surface area (Å²) in [7, 11) is 0. The first kappa shape index (κ1) is 15.4. The highest BCUT2D eigenvalue weighted by Crippen LogP contribution is 2.27. The van der Waals surface area contributed by atoms with Crippen LogP contribution < -0.4 is 4.74 Å². The van der Waals surface area contributed by atoms with Crippen molar-refractivity contribution in [1.29, 1.82) is 0 Å². The van der Waals surface area contributed by atoms with E-state index in [0.717, 1.165) is 47.1 Å². The maximum absolute atomic E-state index is 6.09. The van der Waals surface area contributed by atoms with Crippen LogP contribution >= 0.6 is 0 Å². The number of aromatic nitrogens is 1. The second-order valence-electron chi connectivity index (χ2n) is 6.61. The Kier molecular flexibility index (Phi) is 4.61. The van der Waals surface area contributed by atoms with Crippen LogP contribution in [0.15, 0.2) is 48.5 Å². The lowest BCUT2D eigenvalue weighted by atomic mass is 10.1. The molecule has 124 valence electrons. The Morgan fingerprint density at radius 2 is 1.75 bits per heavy atom. The monoisotopic (exact) mass is 320 g/mol. The number of pyridine rings is 1. The summed E-state index contributed by atoms with van der Waals surface area (Å²) in [5, 5.41) is 2.27. The molecule has 0 amide bonds. The van der Waals surface area contributed by atoms with E-state index in [1.54, 1.807) is 0 Å². The van der Waals surface area contributed by atoms with E-state index < -0.39 is 0 Å². The third-order valence-corrected chi connectivity index (χ3v) is 4.85. The predicted octanol–water partition coefficient (Wildman–Crippen LogP) is 4.64. The Morgan fingerprint density at radius 3 is 2.67 bits per heavy atom. The van der Waals surface area contributed by atoms with Crippen molar-refractivity contribution in [2.24, 2.45) is 0 Å². The maximum Gasteiger partial charge on any atom is 0.128 e. The van der Waals surface area contributed by atoms with Crippen molar-refractivity contribution in [2.75, 3.05) is 26.2 Å². The molecular weight excluding hydrogens is 296 g/mol. The van der Waals surface area contributed by atoms with Gasteiger partial charge in [-0.05, 0) is 56.6 Å². The fourth-order valence-corrected chi connectivity index (χ4v) is 3.55. The molecule has 0 saturated carbocycles. The van der Waals surface area contributed by atoms with Crippen molar-refractivity contribution >= 4 is 21.8 Å². The van der Waals surface area contributed by atoms with Gasteiger partial charge >= 0.3 is 0 Å². The number of fused-ring (bicyclic) bond motifs is 2. The zero-order valence-electron chi connectivity index (χ0n) is 14.1. The van der Waals surface area contributed by atoms with Crippen molar-refractivity contribution < 1.29 is 4.74 Å². The minimum absolute atomic E-state index is 0.766. The fourth-order valence-electron chi connectivity index (χ4n) is 3.55. The normalized spacial score (nSPS) is 15.8. The van der Waals surface area contributed by atoms with Crippen molar-refractivity contribution in [3.05, 3.63) is 48.5 Å². The first-order chi connectivity index (χ1) is 11.9. The first-order valence-electron chi connectivity index (χ1n) is 9.04. The summed E-state index contributed by atoms with van der Waals surface area (Å²) in [6.07, 6.45) is 5.17. The quantitative estimate of drug-likeness (QED) is 0.506. The highest BCUT2D eigenvalue weighted by atomic mass is 16.5. The van der Waals surface area contributed by atoms with Crippen molar-refractivity contribution in [1.82, 2.24) is 9.88 Å². The number of piperidine rings is 1. The smallest absolute Gasteiger partial charge is 0.128 e. The van der Waals surface area contributed by atoms with Gasteiger partial charge in [0.15, 0.2) is 0 Å². The molecule has 24 heavy (non-hydrogen) atoms. The van der Waals surface area contributed by atoms with E-state index in [-0.39, 0.29) is 0 Å². The Bertz CT molecular complexity index is 824. The van der Waals surface area contributed by atoms with Gasteiger partial charge in [-0.15, -0.1) is 0 Å².